The number of hydrogen-bond donors (Lipinski definition) is 2. The van der Waals surface area contributed by atoms with Gasteiger partial charge >= 0.3 is 12.1 Å². The van der Waals surface area contributed by atoms with E-state index in [1.165, 1.54) is 6.42 Å². The van der Waals surface area contributed by atoms with Crippen molar-refractivity contribution in [3.05, 3.63) is 35.5 Å². The first-order valence-corrected chi connectivity index (χ1v) is 10.6. The van der Waals surface area contributed by atoms with Crippen molar-refractivity contribution in [3.63, 3.8) is 0 Å². The largest absolute Gasteiger partial charge is 0.462 e. The number of aromatic nitrogens is 1. The molecule has 0 saturated heterocycles. The Hall–Kier alpha value is -2.50. The molecule has 0 aliphatic heterocycles. The quantitative estimate of drug-likeness (QED) is 0.692. The Bertz CT molecular complexity index is 844. The minimum atomic E-state index is -0.529. The number of carbonyl (C=O) groups excluding carboxylic acids is 2. The summed E-state index contributed by atoms with van der Waals surface area (Å²) in [7, 11) is 0. The molecule has 1 saturated carbocycles. The minimum absolute atomic E-state index is 0.0536. The number of para-hydroxylation sites is 1. The van der Waals surface area contributed by atoms with Gasteiger partial charge < -0.3 is 19.8 Å². The number of ether oxygens (including phenoxy) is 2. The zero-order valence-corrected chi connectivity index (χ0v) is 17.7. The lowest BCUT2D eigenvalue weighted by Crippen LogP contribution is -2.33. The molecule has 6 nitrogen and oxygen atoms in total. The van der Waals surface area contributed by atoms with Gasteiger partial charge in [-0.25, -0.2) is 4.79 Å². The Kier molecular flexibility index (Phi) is 6.83. The molecular weight excluding hydrogens is 368 g/mol. The van der Waals surface area contributed by atoms with E-state index >= 15 is 0 Å². The van der Waals surface area contributed by atoms with Gasteiger partial charge in [0.1, 0.15) is 11.7 Å². The second-order valence-electron chi connectivity index (χ2n) is 8.73. The van der Waals surface area contributed by atoms with Gasteiger partial charge in [-0.2, -0.15) is 0 Å². The van der Waals surface area contributed by atoms with Crippen LogP contribution in [0.4, 0.5) is 4.79 Å². The molecule has 2 aromatic rings. The van der Waals surface area contributed by atoms with E-state index in [0.717, 1.165) is 47.8 Å². The lowest BCUT2D eigenvalue weighted by atomic mass is 9.98. The molecule has 6 heteroatoms. The summed E-state index contributed by atoms with van der Waals surface area (Å²) in [6, 6.07) is 7.97. The third-order valence-electron chi connectivity index (χ3n) is 5.12. The van der Waals surface area contributed by atoms with E-state index in [0.29, 0.717) is 13.0 Å². The van der Waals surface area contributed by atoms with Crippen molar-refractivity contribution < 1.29 is 19.1 Å². The van der Waals surface area contributed by atoms with Crippen LogP contribution in [0.15, 0.2) is 24.3 Å². The van der Waals surface area contributed by atoms with Gasteiger partial charge in [-0.3, -0.25) is 4.79 Å². The lowest BCUT2D eigenvalue weighted by molar-refractivity contribution is -0.149. The van der Waals surface area contributed by atoms with Crippen LogP contribution >= 0.6 is 0 Å². The topological polar surface area (TPSA) is 80.4 Å². The fraction of sp³-hybridized carbons (Fsp3) is 0.565. The molecule has 1 amide bonds. The Labute approximate surface area is 172 Å². The van der Waals surface area contributed by atoms with Crippen LogP contribution in [0.3, 0.4) is 0 Å². The number of rotatable bonds is 6. The second-order valence-corrected chi connectivity index (χ2v) is 8.73. The first kappa shape index (κ1) is 21.2. The molecule has 2 N–H and O–H groups in total. The highest BCUT2D eigenvalue weighted by molar-refractivity contribution is 5.86. The predicted molar refractivity (Wildman–Crippen MR) is 113 cm³/mol. The molecule has 0 atom stereocenters. The van der Waals surface area contributed by atoms with Crippen molar-refractivity contribution in [2.45, 2.75) is 77.4 Å². The number of hydrogen-bond acceptors (Lipinski definition) is 4. The number of alkyl carbamates (subject to hydrolysis) is 1. The van der Waals surface area contributed by atoms with Gasteiger partial charge in [0.2, 0.25) is 0 Å². The SMILES string of the molecule is CC(C)(C)OC(=O)NCCc1c(CC(=O)OC2CCCCC2)[nH]c2ccccc12. The average Bonchev–Trinajstić information content (AvgIpc) is 2.98. The maximum absolute atomic E-state index is 12.5. The first-order valence-electron chi connectivity index (χ1n) is 10.6. The zero-order valence-electron chi connectivity index (χ0n) is 17.7. The fourth-order valence-electron chi connectivity index (χ4n) is 3.85. The van der Waals surface area contributed by atoms with Gasteiger partial charge in [0, 0.05) is 23.1 Å². The predicted octanol–water partition coefficient (Wildman–Crippen LogP) is 4.65. The zero-order chi connectivity index (χ0) is 20.9. The van der Waals surface area contributed by atoms with E-state index in [9.17, 15) is 9.59 Å². The van der Waals surface area contributed by atoms with Gasteiger partial charge in [0.05, 0.1) is 6.42 Å². The van der Waals surface area contributed by atoms with Crippen LogP contribution in [-0.2, 0) is 27.1 Å². The summed E-state index contributed by atoms with van der Waals surface area (Å²) in [5.74, 6) is -0.190. The number of amides is 1. The highest BCUT2D eigenvalue weighted by atomic mass is 16.6. The summed E-state index contributed by atoms with van der Waals surface area (Å²) in [5.41, 5.74) is 2.36. The van der Waals surface area contributed by atoms with E-state index in [2.05, 4.69) is 10.3 Å². The number of esters is 1. The van der Waals surface area contributed by atoms with Crippen LogP contribution in [-0.4, -0.2) is 35.3 Å². The molecule has 1 heterocycles. The van der Waals surface area contributed by atoms with E-state index in [-0.39, 0.29) is 18.5 Å². The molecule has 1 aromatic heterocycles. The number of benzene rings is 1. The maximum atomic E-state index is 12.5. The van der Waals surface area contributed by atoms with Crippen molar-refractivity contribution in [2.75, 3.05) is 6.54 Å². The normalized spacial score (nSPS) is 15.3. The van der Waals surface area contributed by atoms with Crippen LogP contribution < -0.4 is 5.32 Å². The molecule has 1 fully saturated rings. The van der Waals surface area contributed by atoms with Gasteiger partial charge in [-0.05, 0) is 64.5 Å². The molecule has 0 unspecified atom stereocenters. The van der Waals surface area contributed by atoms with Crippen molar-refractivity contribution >= 4 is 23.0 Å². The number of carbonyl (C=O) groups is 2. The van der Waals surface area contributed by atoms with Gasteiger partial charge in [-0.1, -0.05) is 24.6 Å². The standard InChI is InChI=1S/C23H32N2O4/c1-23(2,3)29-22(27)24-14-13-18-17-11-7-8-12-19(17)25-20(18)15-21(26)28-16-9-5-4-6-10-16/h7-8,11-12,16,25H,4-6,9-10,13-15H2,1-3H3,(H,24,27). The van der Waals surface area contributed by atoms with E-state index in [1.807, 2.05) is 45.0 Å². The summed E-state index contributed by atoms with van der Waals surface area (Å²) in [6.07, 6.45) is 5.86. The third kappa shape index (κ3) is 6.24. The van der Waals surface area contributed by atoms with Crippen molar-refractivity contribution in [1.82, 2.24) is 10.3 Å². The Morgan fingerprint density at radius 3 is 2.59 bits per heavy atom. The average molecular weight is 401 g/mol. The summed E-state index contributed by atoms with van der Waals surface area (Å²) < 4.78 is 11.0. The first-order chi connectivity index (χ1) is 13.8. The number of fused-ring (bicyclic) bond motifs is 1. The smallest absolute Gasteiger partial charge is 0.407 e. The number of nitrogens with one attached hydrogen (secondary N) is 2. The van der Waals surface area contributed by atoms with E-state index < -0.39 is 11.7 Å². The highest BCUT2D eigenvalue weighted by Crippen LogP contribution is 2.25. The molecule has 1 aliphatic rings. The third-order valence-corrected chi connectivity index (χ3v) is 5.12. The summed E-state index contributed by atoms with van der Waals surface area (Å²) in [6.45, 7) is 5.94. The fourth-order valence-corrected chi connectivity index (χ4v) is 3.85. The van der Waals surface area contributed by atoms with E-state index in [4.69, 9.17) is 9.47 Å². The van der Waals surface area contributed by atoms with Crippen LogP contribution in [0.5, 0.6) is 0 Å². The molecule has 3 rings (SSSR count). The van der Waals surface area contributed by atoms with Crippen molar-refractivity contribution in [3.8, 4) is 0 Å². The number of H-pyrrole nitrogens is 1. The molecule has 1 aliphatic carbocycles. The molecule has 158 valence electrons. The molecule has 0 bridgehead atoms. The monoisotopic (exact) mass is 400 g/mol. The lowest BCUT2D eigenvalue weighted by Gasteiger charge is -2.21. The van der Waals surface area contributed by atoms with Crippen LogP contribution in [0.2, 0.25) is 0 Å². The van der Waals surface area contributed by atoms with Gasteiger partial charge in [0.15, 0.2) is 0 Å². The van der Waals surface area contributed by atoms with Gasteiger partial charge in [0.25, 0.3) is 0 Å². The van der Waals surface area contributed by atoms with E-state index in [1.54, 1.807) is 0 Å². The molecular formula is C23H32N2O4. The minimum Gasteiger partial charge on any atom is -0.462 e. The molecule has 0 spiro atoms. The summed E-state index contributed by atoms with van der Waals surface area (Å²) in [5, 5.41) is 3.87. The Morgan fingerprint density at radius 2 is 1.86 bits per heavy atom. The van der Waals surface area contributed by atoms with Crippen molar-refractivity contribution in [2.24, 2.45) is 0 Å². The molecule has 29 heavy (non-hydrogen) atoms. The van der Waals surface area contributed by atoms with Crippen LogP contribution in [0, 0.1) is 0 Å². The van der Waals surface area contributed by atoms with Crippen LogP contribution in [0.25, 0.3) is 10.9 Å². The summed E-state index contributed by atoms with van der Waals surface area (Å²) >= 11 is 0. The Morgan fingerprint density at radius 1 is 1.14 bits per heavy atom. The molecule has 1 aromatic carbocycles. The Balaban J connectivity index is 1.65. The molecule has 0 radical (unpaired) electrons. The van der Waals surface area contributed by atoms with Gasteiger partial charge in [-0.15, -0.1) is 0 Å². The maximum Gasteiger partial charge on any atom is 0.407 e. The number of aromatic amines is 1. The highest BCUT2D eigenvalue weighted by Gasteiger charge is 2.21. The summed E-state index contributed by atoms with van der Waals surface area (Å²) in [4.78, 5) is 27.8. The van der Waals surface area contributed by atoms with Crippen molar-refractivity contribution in [1.29, 1.82) is 0 Å². The second kappa shape index (κ2) is 9.33. The van der Waals surface area contributed by atoms with Crippen LogP contribution in [0.1, 0.15) is 64.1 Å².